The third kappa shape index (κ3) is 16.2. The molecule has 23 heteroatoms. The van der Waals surface area contributed by atoms with Crippen LogP contribution in [-0.2, 0) is 38.0 Å². The molecular formula is C52H71N11O11S. The molecule has 1 saturated carbocycles. The predicted octanol–water partition coefficient (Wildman–Crippen LogP) is 4.60. The number of piperazine rings is 1. The van der Waals surface area contributed by atoms with E-state index in [0.717, 1.165) is 74.4 Å². The molecule has 4 aromatic rings. The minimum atomic E-state index is -1.05. The number of carbonyl (C=O) groups excluding carboxylic acids is 4. The molecule has 1 unspecified atom stereocenters. The number of ketones is 1. The zero-order valence-corrected chi connectivity index (χ0v) is 44.4. The first-order valence-electron chi connectivity index (χ1n) is 25.5. The molecule has 1 saturated heterocycles. The van der Waals surface area contributed by atoms with E-state index in [1.807, 2.05) is 49.2 Å². The van der Waals surface area contributed by atoms with Crippen molar-refractivity contribution in [2.45, 2.75) is 65.6 Å². The first kappa shape index (κ1) is 56.5. The minimum Gasteiger partial charge on any atom is -0.464 e. The van der Waals surface area contributed by atoms with Crippen LogP contribution in [0.4, 0.5) is 34.1 Å². The molecule has 7 rings (SSSR count). The molecule has 2 aliphatic heterocycles. The van der Waals surface area contributed by atoms with Crippen LogP contribution in [0.2, 0.25) is 0 Å². The van der Waals surface area contributed by atoms with Crippen molar-refractivity contribution in [3.8, 4) is 0 Å². The molecule has 406 valence electrons. The van der Waals surface area contributed by atoms with Gasteiger partial charge in [-0.25, -0.2) is 19.7 Å². The number of esters is 1. The lowest BCUT2D eigenvalue weighted by Gasteiger charge is -2.40. The third-order valence-corrected chi connectivity index (χ3v) is 13.9. The van der Waals surface area contributed by atoms with E-state index in [4.69, 9.17) is 33.4 Å². The SMILES string of the molecule is COC(=O)c1nc(NC(=O)c2ccc(NCCOCCOCCOCCOCCOCCNC(=O)CN3CCN(c4ccc(Nc5ncc6c(n5)N(C5CCCC5)C(O)C(C(C)=O)=C6C)nc4)CC3)cc2C)sc1C. The number of aromatic nitrogens is 4. The molecule has 2 amide bonds. The Hall–Kier alpha value is -6.18. The second-order valence-electron chi connectivity index (χ2n) is 18.3. The van der Waals surface area contributed by atoms with E-state index in [1.165, 1.54) is 25.4 Å². The highest BCUT2D eigenvalue weighted by molar-refractivity contribution is 7.16. The van der Waals surface area contributed by atoms with Crippen LogP contribution in [-0.4, -0.2) is 185 Å². The summed E-state index contributed by atoms with van der Waals surface area (Å²) in [5.41, 5.74) is 5.18. The fourth-order valence-corrected chi connectivity index (χ4v) is 9.91. The smallest absolute Gasteiger partial charge is 0.357 e. The minimum absolute atomic E-state index is 0.0408. The maximum absolute atomic E-state index is 12.8. The lowest BCUT2D eigenvalue weighted by molar-refractivity contribution is -0.122. The van der Waals surface area contributed by atoms with Gasteiger partial charge in [-0.3, -0.25) is 24.6 Å². The van der Waals surface area contributed by atoms with E-state index in [1.54, 1.807) is 19.2 Å². The van der Waals surface area contributed by atoms with Crippen molar-refractivity contribution in [3.63, 3.8) is 0 Å². The van der Waals surface area contributed by atoms with Crippen molar-refractivity contribution in [2.75, 3.05) is 145 Å². The van der Waals surface area contributed by atoms with Crippen molar-refractivity contribution in [3.05, 3.63) is 75.6 Å². The number of aliphatic hydroxyl groups is 1. The van der Waals surface area contributed by atoms with Crippen LogP contribution in [0.25, 0.3) is 5.57 Å². The summed E-state index contributed by atoms with van der Waals surface area (Å²) >= 11 is 1.21. The lowest BCUT2D eigenvalue weighted by Crippen LogP contribution is -2.49. The summed E-state index contributed by atoms with van der Waals surface area (Å²) in [5.74, 6) is 0.527. The number of nitrogens with one attached hydrogen (secondary N) is 4. The summed E-state index contributed by atoms with van der Waals surface area (Å²) < 4.78 is 32.7. The number of fused-ring (bicyclic) bond motifs is 1. The molecule has 0 spiro atoms. The zero-order chi connectivity index (χ0) is 53.1. The highest BCUT2D eigenvalue weighted by atomic mass is 32.1. The van der Waals surface area contributed by atoms with Crippen molar-refractivity contribution < 1.29 is 52.7 Å². The van der Waals surface area contributed by atoms with Crippen LogP contribution in [0.1, 0.15) is 76.4 Å². The highest BCUT2D eigenvalue weighted by Crippen LogP contribution is 2.41. The van der Waals surface area contributed by atoms with Gasteiger partial charge in [0.05, 0.1) is 91.6 Å². The standard InChI is InChI=1S/C52H71N11O11S/c1-34-30-38(10-12-41(34)48(66)60-52-58-46(37(4)75-52)50(68)69-5)53-14-20-70-22-24-72-26-28-74-29-27-73-25-23-71-21-15-54-44(65)33-61-16-18-62(19-17-61)40-11-13-43(55-31-40)57-51-56-32-42-35(2)45(36(3)64)49(67)63(47(42)59-51)39-8-6-7-9-39/h10-13,30-32,39,49,53,67H,6-9,14-29,33H2,1-5H3,(H,54,65)(H,58,60,66)(H,55,56,57,59). The third-order valence-electron chi connectivity index (χ3n) is 13.0. The van der Waals surface area contributed by atoms with Crippen LogP contribution in [0.5, 0.6) is 0 Å². The van der Waals surface area contributed by atoms with E-state index in [9.17, 15) is 24.3 Å². The molecule has 5 N–H and O–H groups in total. The molecule has 1 atom stereocenters. The van der Waals surface area contributed by atoms with E-state index in [-0.39, 0.29) is 29.3 Å². The number of allylic oxidation sites excluding steroid dienone is 1. The van der Waals surface area contributed by atoms with Crippen molar-refractivity contribution >= 4 is 74.6 Å². The fourth-order valence-electron chi connectivity index (χ4n) is 9.11. The van der Waals surface area contributed by atoms with Gasteiger partial charge in [0.2, 0.25) is 11.9 Å². The Balaban J connectivity index is 0.652. The number of carbonyl (C=O) groups is 4. The number of methoxy groups -OCH3 is 1. The Morgan fingerprint density at radius 2 is 1.44 bits per heavy atom. The van der Waals surface area contributed by atoms with E-state index in [2.05, 4.69) is 46.0 Å². The fraction of sp³-hybridized carbons (Fsp3) is 0.538. The summed E-state index contributed by atoms with van der Waals surface area (Å²) in [6, 6.07) is 9.44. The lowest BCUT2D eigenvalue weighted by atomic mass is 9.93. The number of rotatable bonds is 29. The topological polar surface area (TPSA) is 253 Å². The number of anilines is 6. The van der Waals surface area contributed by atoms with Crippen molar-refractivity contribution in [1.29, 1.82) is 0 Å². The summed E-state index contributed by atoms with van der Waals surface area (Å²) in [7, 11) is 1.29. The molecule has 0 bridgehead atoms. The number of hydrogen-bond donors (Lipinski definition) is 5. The summed E-state index contributed by atoms with van der Waals surface area (Å²) in [6.07, 6.45) is 6.49. The average molecular weight is 1060 g/mol. The Labute approximate surface area is 441 Å². The molecule has 22 nitrogen and oxygen atoms in total. The number of aliphatic hydroxyl groups excluding tert-OH is 1. The Bertz CT molecular complexity index is 2570. The Morgan fingerprint density at radius 3 is 2.05 bits per heavy atom. The van der Waals surface area contributed by atoms with Gasteiger partial charge in [-0.15, -0.1) is 11.3 Å². The summed E-state index contributed by atoms with van der Waals surface area (Å²) in [5, 5.41) is 23.9. The largest absolute Gasteiger partial charge is 0.464 e. The van der Waals surface area contributed by atoms with Gasteiger partial charge in [-0.05, 0) is 82.0 Å². The van der Waals surface area contributed by atoms with Gasteiger partial charge in [0, 0.05) is 78.8 Å². The molecule has 1 aliphatic carbocycles. The maximum Gasteiger partial charge on any atom is 0.357 e. The van der Waals surface area contributed by atoms with Crippen molar-refractivity contribution in [2.24, 2.45) is 0 Å². The number of amides is 2. The molecule has 2 fully saturated rings. The first-order chi connectivity index (χ1) is 36.4. The van der Waals surface area contributed by atoms with Gasteiger partial charge >= 0.3 is 5.97 Å². The highest BCUT2D eigenvalue weighted by Gasteiger charge is 2.39. The van der Waals surface area contributed by atoms with Crippen LogP contribution < -0.4 is 31.1 Å². The van der Waals surface area contributed by atoms with Gasteiger partial charge in [0.25, 0.3) is 5.91 Å². The summed E-state index contributed by atoms with van der Waals surface area (Å²) in [4.78, 5) is 75.0. The number of benzene rings is 1. The number of ether oxygens (including phenoxy) is 6. The number of pyridine rings is 1. The second-order valence-corrected chi connectivity index (χ2v) is 19.5. The van der Waals surface area contributed by atoms with Crippen LogP contribution >= 0.6 is 11.3 Å². The van der Waals surface area contributed by atoms with Gasteiger partial charge in [-0.1, -0.05) is 12.8 Å². The number of hydrogen-bond acceptors (Lipinski definition) is 21. The van der Waals surface area contributed by atoms with Crippen molar-refractivity contribution in [1.82, 2.24) is 30.2 Å². The van der Waals surface area contributed by atoms with E-state index < -0.39 is 12.2 Å². The molecule has 3 aromatic heterocycles. The first-order valence-corrected chi connectivity index (χ1v) is 26.3. The predicted molar refractivity (Wildman–Crippen MR) is 285 cm³/mol. The van der Waals surface area contributed by atoms with Gasteiger partial charge in [0.1, 0.15) is 11.6 Å². The second kappa shape index (κ2) is 28.6. The molecular weight excluding hydrogens is 987 g/mol. The Morgan fingerprint density at radius 1 is 0.787 bits per heavy atom. The van der Waals surface area contributed by atoms with Gasteiger partial charge in [-0.2, -0.15) is 4.98 Å². The summed E-state index contributed by atoms with van der Waals surface area (Å²) in [6.45, 7) is 15.6. The molecule has 5 heterocycles. The van der Waals surface area contributed by atoms with E-state index >= 15 is 0 Å². The quantitative estimate of drug-likeness (QED) is 0.0368. The van der Waals surface area contributed by atoms with Crippen LogP contribution in [0.15, 0.2) is 48.3 Å². The monoisotopic (exact) mass is 1060 g/mol. The molecule has 1 aromatic carbocycles. The van der Waals surface area contributed by atoms with Crippen LogP contribution in [0.3, 0.4) is 0 Å². The molecule has 75 heavy (non-hydrogen) atoms. The van der Waals surface area contributed by atoms with Gasteiger partial charge < -0.3 is 59.3 Å². The molecule has 0 radical (unpaired) electrons. The number of Topliss-reactive ketones (excluding diaryl/α,β-unsaturated/α-hetero) is 1. The van der Waals surface area contributed by atoms with Gasteiger partial charge in [0.15, 0.2) is 22.8 Å². The number of aryl methyl sites for hydroxylation is 2. The number of nitrogens with zero attached hydrogens (tertiary/aromatic N) is 7. The average Bonchev–Trinajstić information content (AvgIpc) is 4.07. The normalized spacial score (nSPS) is 16.0. The van der Waals surface area contributed by atoms with E-state index in [0.29, 0.717) is 130 Å². The maximum atomic E-state index is 12.8. The van der Waals surface area contributed by atoms with Crippen LogP contribution in [0, 0.1) is 13.8 Å². The molecule has 3 aliphatic rings. The number of thiazole rings is 1. The Kier molecular flexibility index (Phi) is 21.6. The zero-order valence-electron chi connectivity index (χ0n) is 43.6.